The molecule has 1 aromatic rings. The second-order valence-electron chi connectivity index (χ2n) is 9.49. The van der Waals surface area contributed by atoms with Crippen molar-refractivity contribution in [3.8, 4) is 0 Å². The molecular formula is C22H28ClNO5S. The number of fused-ring (bicyclic) bond motifs is 2. The largest absolute Gasteiger partial charge is 0.468 e. The first-order valence-corrected chi connectivity index (χ1v) is 11.4. The predicted octanol–water partition coefficient (Wildman–Crippen LogP) is 5.06. The van der Waals surface area contributed by atoms with Crippen LogP contribution in [0.25, 0.3) is 0 Å². The molecule has 2 bridgehead atoms. The summed E-state index contributed by atoms with van der Waals surface area (Å²) in [6.07, 6.45) is 3.42. The summed E-state index contributed by atoms with van der Waals surface area (Å²) in [5.41, 5.74) is -0.374. The molecule has 8 heteroatoms. The lowest BCUT2D eigenvalue weighted by Gasteiger charge is -2.50. The van der Waals surface area contributed by atoms with Crippen LogP contribution < -0.4 is 5.32 Å². The van der Waals surface area contributed by atoms with Crippen LogP contribution in [0, 0.1) is 17.8 Å². The standard InChI is InChI=1S/C22H28ClNO5S/c1-13-4-9-17-20(2,12-25-19(30)24-15-7-5-14(23)6-8-15)26-18-22(17)16(13)10-11-21(3,27-18)28-29-22/h5-8,13,16-18H,4,9-12H2,1-3H3,(H,24,30)/t13-,16?,17?,18?,20?,21?,22-/m1/s1. The molecule has 4 aliphatic heterocycles. The van der Waals surface area contributed by atoms with Crippen molar-refractivity contribution in [3.05, 3.63) is 29.3 Å². The van der Waals surface area contributed by atoms with Gasteiger partial charge in [0.25, 0.3) is 5.17 Å². The fourth-order valence-corrected chi connectivity index (χ4v) is 6.14. The quantitative estimate of drug-likeness (QED) is 0.507. The first-order chi connectivity index (χ1) is 14.2. The number of rotatable bonds is 3. The lowest BCUT2D eigenvalue weighted by Crippen LogP contribution is -2.62. The zero-order valence-electron chi connectivity index (χ0n) is 17.5. The van der Waals surface area contributed by atoms with Crippen LogP contribution in [0.1, 0.15) is 46.5 Å². The van der Waals surface area contributed by atoms with Crippen LogP contribution >= 0.6 is 23.8 Å². The highest BCUT2D eigenvalue weighted by molar-refractivity contribution is 7.80. The van der Waals surface area contributed by atoms with Crippen LogP contribution in [0.15, 0.2) is 24.3 Å². The summed E-state index contributed by atoms with van der Waals surface area (Å²) in [5, 5.41) is 4.05. The van der Waals surface area contributed by atoms with Crippen LogP contribution in [-0.4, -0.2) is 35.1 Å². The van der Waals surface area contributed by atoms with E-state index >= 15 is 0 Å². The summed E-state index contributed by atoms with van der Waals surface area (Å²) < 4.78 is 18.8. The van der Waals surface area contributed by atoms with E-state index in [1.807, 2.05) is 19.1 Å². The van der Waals surface area contributed by atoms with Crippen molar-refractivity contribution in [2.45, 2.75) is 69.7 Å². The topological polar surface area (TPSA) is 58.2 Å². The van der Waals surface area contributed by atoms with Gasteiger partial charge in [-0.15, -0.1) is 0 Å². The SMILES string of the molecule is C[C@@H]1CCC2C(C)(COC(=S)Nc3ccc(Cl)cc3)OC3OC4(C)CCC1[C@]32OO4. The third kappa shape index (κ3) is 3.26. The molecule has 5 fully saturated rings. The molecule has 164 valence electrons. The van der Waals surface area contributed by atoms with Gasteiger partial charge in [-0.2, -0.15) is 0 Å². The number of nitrogens with one attached hydrogen (secondary N) is 1. The van der Waals surface area contributed by atoms with Crippen molar-refractivity contribution in [2.75, 3.05) is 11.9 Å². The normalized spacial score (nSPS) is 44.3. The Morgan fingerprint density at radius 1 is 1.17 bits per heavy atom. The minimum absolute atomic E-state index is 0.0946. The van der Waals surface area contributed by atoms with Crippen LogP contribution in [0.5, 0.6) is 0 Å². The molecular weight excluding hydrogens is 426 g/mol. The third-order valence-electron chi connectivity index (χ3n) is 7.41. The van der Waals surface area contributed by atoms with Crippen LogP contribution in [0.2, 0.25) is 5.02 Å². The Labute approximate surface area is 187 Å². The van der Waals surface area contributed by atoms with Crippen molar-refractivity contribution in [3.63, 3.8) is 0 Å². The average Bonchev–Trinajstić information content (AvgIpc) is 2.79. The van der Waals surface area contributed by atoms with Gasteiger partial charge in [-0.05, 0) is 81.4 Å². The zero-order chi connectivity index (χ0) is 21.1. The molecule has 0 radical (unpaired) electrons. The van der Waals surface area contributed by atoms with E-state index in [9.17, 15) is 0 Å². The van der Waals surface area contributed by atoms with Crippen molar-refractivity contribution in [1.82, 2.24) is 0 Å². The van der Waals surface area contributed by atoms with Crippen LogP contribution in [-0.2, 0) is 24.0 Å². The van der Waals surface area contributed by atoms with Crippen molar-refractivity contribution in [1.29, 1.82) is 0 Å². The fourth-order valence-electron chi connectivity index (χ4n) is 5.84. The van der Waals surface area contributed by atoms with Gasteiger partial charge in [-0.25, -0.2) is 9.78 Å². The smallest absolute Gasteiger partial charge is 0.261 e. The predicted molar refractivity (Wildman–Crippen MR) is 116 cm³/mol. The Kier molecular flexibility index (Phi) is 5.08. The summed E-state index contributed by atoms with van der Waals surface area (Å²) in [5.74, 6) is 0.175. The molecule has 1 aliphatic carbocycles. The first-order valence-electron chi connectivity index (χ1n) is 10.7. The van der Waals surface area contributed by atoms with E-state index in [0.29, 0.717) is 28.6 Å². The third-order valence-corrected chi connectivity index (χ3v) is 7.88. The number of hydrogen-bond donors (Lipinski definition) is 1. The first kappa shape index (κ1) is 20.9. The molecule has 0 amide bonds. The molecule has 5 aliphatic rings. The van der Waals surface area contributed by atoms with Gasteiger partial charge in [-0.1, -0.05) is 18.5 Å². The molecule has 30 heavy (non-hydrogen) atoms. The van der Waals surface area contributed by atoms with E-state index in [1.165, 1.54) is 0 Å². The number of hydrogen-bond acceptors (Lipinski definition) is 6. The van der Waals surface area contributed by atoms with E-state index in [-0.39, 0.29) is 5.92 Å². The highest BCUT2D eigenvalue weighted by Crippen LogP contribution is 2.63. The van der Waals surface area contributed by atoms with Gasteiger partial charge in [0.05, 0.1) is 0 Å². The van der Waals surface area contributed by atoms with Crippen molar-refractivity contribution >= 4 is 34.7 Å². The maximum Gasteiger partial charge on any atom is 0.261 e. The maximum atomic E-state index is 6.54. The van der Waals surface area contributed by atoms with Gasteiger partial charge in [0, 0.05) is 23.0 Å². The van der Waals surface area contributed by atoms with E-state index in [4.69, 9.17) is 47.8 Å². The molecule has 5 unspecified atom stereocenters. The Morgan fingerprint density at radius 2 is 1.93 bits per heavy atom. The lowest BCUT2D eigenvalue weighted by atomic mass is 9.60. The van der Waals surface area contributed by atoms with E-state index in [2.05, 4.69) is 19.2 Å². The van der Waals surface area contributed by atoms with Gasteiger partial charge in [-0.3, -0.25) is 0 Å². The van der Waals surface area contributed by atoms with Crippen molar-refractivity contribution < 1.29 is 24.0 Å². The van der Waals surface area contributed by atoms with Crippen LogP contribution in [0.4, 0.5) is 5.69 Å². The monoisotopic (exact) mass is 453 g/mol. The highest BCUT2D eigenvalue weighted by Gasteiger charge is 2.74. The maximum absolute atomic E-state index is 6.54. The zero-order valence-corrected chi connectivity index (χ0v) is 19.1. The molecule has 1 saturated carbocycles. The molecule has 1 spiro atoms. The number of halogens is 1. The second-order valence-corrected chi connectivity index (χ2v) is 10.3. The van der Waals surface area contributed by atoms with E-state index in [1.54, 1.807) is 12.1 Å². The molecule has 0 aromatic heterocycles. The summed E-state index contributed by atoms with van der Waals surface area (Å²) in [4.78, 5) is 12.0. The number of thiocarbonyl (C=S) groups is 1. The molecule has 7 atom stereocenters. The summed E-state index contributed by atoms with van der Waals surface area (Å²) in [6, 6.07) is 7.31. The van der Waals surface area contributed by atoms with Crippen molar-refractivity contribution in [2.24, 2.45) is 17.8 Å². The molecule has 1 aromatic carbocycles. The number of ether oxygens (including phenoxy) is 3. The second kappa shape index (κ2) is 7.29. The molecule has 6 nitrogen and oxygen atoms in total. The average molecular weight is 454 g/mol. The Hall–Kier alpha value is -0.960. The molecule has 4 saturated heterocycles. The number of benzene rings is 1. The lowest BCUT2D eigenvalue weighted by molar-refractivity contribution is -0.541. The van der Waals surface area contributed by atoms with E-state index in [0.717, 1.165) is 31.4 Å². The van der Waals surface area contributed by atoms with Gasteiger partial charge in [0.1, 0.15) is 12.2 Å². The Balaban J connectivity index is 1.34. The van der Waals surface area contributed by atoms with Crippen LogP contribution in [0.3, 0.4) is 0 Å². The van der Waals surface area contributed by atoms with Gasteiger partial charge in [0.15, 0.2) is 11.9 Å². The Bertz CT molecular complexity index is 839. The summed E-state index contributed by atoms with van der Waals surface area (Å²) >= 11 is 11.3. The molecule has 4 heterocycles. The van der Waals surface area contributed by atoms with Gasteiger partial charge < -0.3 is 19.5 Å². The Morgan fingerprint density at radius 3 is 2.70 bits per heavy atom. The van der Waals surface area contributed by atoms with E-state index < -0.39 is 23.3 Å². The fraction of sp³-hybridized carbons (Fsp3) is 0.682. The highest BCUT2D eigenvalue weighted by atomic mass is 35.5. The molecule has 1 N–H and O–H groups in total. The summed E-state index contributed by atoms with van der Waals surface area (Å²) in [7, 11) is 0. The summed E-state index contributed by atoms with van der Waals surface area (Å²) in [6.45, 7) is 6.60. The van der Waals surface area contributed by atoms with Gasteiger partial charge in [0.2, 0.25) is 5.79 Å². The van der Waals surface area contributed by atoms with Gasteiger partial charge >= 0.3 is 0 Å². The molecule has 6 rings (SSSR count). The minimum atomic E-state index is -0.769. The number of anilines is 1. The minimum Gasteiger partial charge on any atom is -0.468 e.